The Morgan fingerprint density at radius 3 is 2.47 bits per heavy atom. The van der Waals surface area contributed by atoms with Crippen molar-refractivity contribution in [2.24, 2.45) is 11.7 Å². The van der Waals surface area contributed by atoms with Crippen molar-refractivity contribution >= 4 is 5.91 Å². The summed E-state index contributed by atoms with van der Waals surface area (Å²) >= 11 is 0. The van der Waals surface area contributed by atoms with Crippen LogP contribution >= 0.6 is 0 Å². The summed E-state index contributed by atoms with van der Waals surface area (Å²) < 4.78 is 5.09. The van der Waals surface area contributed by atoms with Gasteiger partial charge in [0.25, 0.3) is 0 Å². The molecular formula is C13H28N2O2. The number of rotatable bonds is 9. The first kappa shape index (κ1) is 16.4. The molecule has 0 saturated carbocycles. The van der Waals surface area contributed by atoms with Gasteiger partial charge in [-0.15, -0.1) is 0 Å². The Balaban J connectivity index is 4.07. The number of carbonyl (C=O) groups is 1. The van der Waals surface area contributed by atoms with Gasteiger partial charge in [-0.25, -0.2) is 0 Å². The highest BCUT2D eigenvalue weighted by molar-refractivity contribution is 5.76. The van der Waals surface area contributed by atoms with E-state index in [9.17, 15) is 4.79 Å². The Bertz CT molecular complexity index is 210. The first-order chi connectivity index (χ1) is 8.06. The van der Waals surface area contributed by atoms with Gasteiger partial charge in [0.1, 0.15) is 0 Å². The molecule has 0 aromatic heterocycles. The molecule has 2 unspecified atom stereocenters. The zero-order chi connectivity index (χ0) is 13.3. The predicted molar refractivity (Wildman–Crippen MR) is 70.8 cm³/mol. The van der Waals surface area contributed by atoms with E-state index in [2.05, 4.69) is 6.92 Å². The second-order valence-electron chi connectivity index (χ2n) is 4.71. The third-order valence-electron chi connectivity index (χ3n) is 3.11. The van der Waals surface area contributed by atoms with Gasteiger partial charge in [-0.1, -0.05) is 6.92 Å². The van der Waals surface area contributed by atoms with Crippen LogP contribution in [-0.2, 0) is 9.53 Å². The third kappa shape index (κ3) is 6.64. The van der Waals surface area contributed by atoms with Crippen molar-refractivity contribution in [1.29, 1.82) is 0 Å². The third-order valence-corrected chi connectivity index (χ3v) is 3.11. The zero-order valence-electron chi connectivity index (χ0n) is 11.7. The molecule has 0 saturated heterocycles. The molecule has 0 aliphatic heterocycles. The van der Waals surface area contributed by atoms with Gasteiger partial charge >= 0.3 is 0 Å². The summed E-state index contributed by atoms with van der Waals surface area (Å²) in [5.41, 5.74) is 5.50. The molecule has 0 radical (unpaired) electrons. The van der Waals surface area contributed by atoms with E-state index in [1.807, 2.05) is 18.7 Å². The van der Waals surface area contributed by atoms with Crippen LogP contribution in [0.4, 0.5) is 0 Å². The van der Waals surface area contributed by atoms with E-state index in [1.165, 1.54) is 0 Å². The van der Waals surface area contributed by atoms with Gasteiger partial charge in [0.2, 0.25) is 5.91 Å². The lowest BCUT2D eigenvalue weighted by Gasteiger charge is -2.28. The molecule has 4 nitrogen and oxygen atoms in total. The average Bonchev–Trinajstić information content (AvgIpc) is 2.28. The van der Waals surface area contributed by atoms with Crippen molar-refractivity contribution in [3.63, 3.8) is 0 Å². The fourth-order valence-electron chi connectivity index (χ4n) is 2.01. The highest BCUT2D eigenvalue weighted by Crippen LogP contribution is 2.12. The molecule has 0 aliphatic carbocycles. The highest BCUT2D eigenvalue weighted by atomic mass is 16.5. The fraction of sp³-hybridized carbons (Fsp3) is 0.923. The molecule has 2 N–H and O–H groups in total. The second kappa shape index (κ2) is 9.42. The molecule has 0 fully saturated rings. The summed E-state index contributed by atoms with van der Waals surface area (Å²) in [6, 6.07) is 0.155. The van der Waals surface area contributed by atoms with Gasteiger partial charge < -0.3 is 15.4 Å². The van der Waals surface area contributed by atoms with Crippen LogP contribution in [0.2, 0.25) is 0 Å². The summed E-state index contributed by atoms with van der Waals surface area (Å²) in [6.07, 6.45) is 2.53. The fourth-order valence-corrected chi connectivity index (χ4v) is 2.01. The van der Waals surface area contributed by atoms with Crippen molar-refractivity contribution in [2.45, 2.75) is 46.1 Å². The standard InChI is InChI=1S/C13H28N2O2/c1-5-15(12(3)10-17-4)13(16)7-6-11(2)8-9-14/h11-12H,5-10,14H2,1-4H3. The van der Waals surface area contributed by atoms with Crippen molar-refractivity contribution in [2.75, 3.05) is 26.8 Å². The summed E-state index contributed by atoms with van der Waals surface area (Å²) in [4.78, 5) is 13.9. The average molecular weight is 244 g/mol. The van der Waals surface area contributed by atoms with Crippen LogP contribution in [0.5, 0.6) is 0 Å². The van der Waals surface area contributed by atoms with E-state index in [4.69, 9.17) is 10.5 Å². The number of ether oxygens (including phenoxy) is 1. The van der Waals surface area contributed by atoms with E-state index in [0.717, 1.165) is 19.4 Å². The second-order valence-corrected chi connectivity index (χ2v) is 4.71. The number of hydrogen-bond donors (Lipinski definition) is 1. The van der Waals surface area contributed by atoms with Crippen molar-refractivity contribution < 1.29 is 9.53 Å². The number of likely N-dealkylation sites (N-methyl/N-ethyl adjacent to an activating group) is 1. The minimum atomic E-state index is 0.155. The van der Waals surface area contributed by atoms with Gasteiger partial charge in [-0.2, -0.15) is 0 Å². The SMILES string of the molecule is CCN(C(=O)CCC(C)CCN)C(C)COC. The van der Waals surface area contributed by atoms with Crippen LogP contribution in [0.1, 0.15) is 40.0 Å². The zero-order valence-corrected chi connectivity index (χ0v) is 11.7. The van der Waals surface area contributed by atoms with Crippen LogP contribution in [0.25, 0.3) is 0 Å². The first-order valence-corrected chi connectivity index (χ1v) is 6.55. The molecule has 17 heavy (non-hydrogen) atoms. The number of carbonyl (C=O) groups excluding carboxylic acids is 1. The number of methoxy groups -OCH3 is 1. The van der Waals surface area contributed by atoms with Gasteiger partial charge in [0, 0.05) is 20.1 Å². The van der Waals surface area contributed by atoms with Crippen LogP contribution in [0.3, 0.4) is 0 Å². The maximum atomic E-state index is 12.0. The molecule has 4 heteroatoms. The highest BCUT2D eigenvalue weighted by Gasteiger charge is 2.18. The molecule has 102 valence electrons. The summed E-state index contributed by atoms with van der Waals surface area (Å²) in [7, 11) is 1.66. The molecule has 0 spiro atoms. The quantitative estimate of drug-likeness (QED) is 0.671. The number of hydrogen-bond acceptors (Lipinski definition) is 3. The van der Waals surface area contributed by atoms with Crippen LogP contribution in [0, 0.1) is 5.92 Å². The molecular weight excluding hydrogens is 216 g/mol. The monoisotopic (exact) mass is 244 g/mol. The van der Waals surface area contributed by atoms with E-state index >= 15 is 0 Å². The number of amides is 1. The van der Waals surface area contributed by atoms with Crippen LogP contribution < -0.4 is 5.73 Å². The smallest absolute Gasteiger partial charge is 0.222 e. The van der Waals surface area contributed by atoms with Gasteiger partial charge in [-0.05, 0) is 39.2 Å². The molecule has 2 atom stereocenters. The van der Waals surface area contributed by atoms with E-state index in [-0.39, 0.29) is 11.9 Å². The van der Waals surface area contributed by atoms with Crippen LogP contribution in [0.15, 0.2) is 0 Å². The lowest BCUT2D eigenvalue weighted by atomic mass is 10.0. The lowest BCUT2D eigenvalue weighted by molar-refractivity contribution is -0.134. The minimum absolute atomic E-state index is 0.155. The summed E-state index contributed by atoms with van der Waals surface area (Å²) in [6.45, 7) is 8.22. The Morgan fingerprint density at radius 1 is 1.35 bits per heavy atom. The normalized spacial score (nSPS) is 14.4. The lowest BCUT2D eigenvalue weighted by Crippen LogP contribution is -2.40. The van der Waals surface area contributed by atoms with Gasteiger partial charge in [-0.3, -0.25) is 4.79 Å². The van der Waals surface area contributed by atoms with Crippen molar-refractivity contribution in [3.8, 4) is 0 Å². The largest absolute Gasteiger partial charge is 0.383 e. The number of nitrogens with two attached hydrogens (primary N) is 1. The molecule has 0 heterocycles. The Morgan fingerprint density at radius 2 is 2.00 bits per heavy atom. The van der Waals surface area contributed by atoms with E-state index in [0.29, 0.717) is 25.5 Å². The predicted octanol–water partition coefficient (Wildman–Crippen LogP) is 1.63. The maximum Gasteiger partial charge on any atom is 0.222 e. The Hall–Kier alpha value is -0.610. The summed E-state index contributed by atoms with van der Waals surface area (Å²) in [5, 5.41) is 0. The van der Waals surface area contributed by atoms with Gasteiger partial charge in [0.15, 0.2) is 0 Å². The molecule has 0 aromatic carbocycles. The first-order valence-electron chi connectivity index (χ1n) is 6.55. The van der Waals surface area contributed by atoms with Crippen molar-refractivity contribution in [3.05, 3.63) is 0 Å². The molecule has 0 aromatic rings. The minimum Gasteiger partial charge on any atom is -0.383 e. The van der Waals surface area contributed by atoms with Crippen molar-refractivity contribution in [1.82, 2.24) is 4.90 Å². The van der Waals surface area contributed by atoms with E-state index in [1.54, 1.807) is 7.11 Å². The maximum absolute atomic E-state index is 12.0. The molecule has 1 amide bonds. The number of nitrogens with zero attached hydrogens (tertiary/aromatic N) is 1. The Labute approximate surface area is 105 Å². The van der Waals surface area contributed by atoms with Gasteiger partial charge in [0.05, 0.1) is 12.6 Å². The molecule has 0 aliphatic rings. The molecule has 0 bridgehead atoms. The topological polar surface area (TPSA) is 55.6 Å². The molecule has 0 rings (SSSR count). The summed E-state index contributed by atoms with van der Waals surface area (Å²) in [5.74, 6) is 0.751. The Kier molecular flexibility index (Phi) is 9.09. The van der Waals surface area contributed by atoms with E-state index < -0.39 is 0 Å². The van der Waals surface area contributed by atoms with Crippen LogP contribution in [-0.4, -0.2) is 43.7 Å².